The highest BCUT2D eigenvalue weighted by molar-refractivity contribution is 5.81. The fourth-order valence-electron chi connectivity index (χ4n) is 2.87. The molecule has 1 aliphatic carbocycles. The van der Waals surface area contributed by atoms with Crippen molar-refractivity contribution in [3.05, 3.63) is 29.8 Å². The summed E-state index contributed by atoms with van der Waals surface area (Å²) in [6.45, 7) is 3.47. The third-order valence-electron chi connectivity index (χ3n) is 4.22. The van der Waals surface area contributed by atoms with Crippen LogP contribution >= 0.6 is 0 Å². The SMILES string of the molecule is Cc1ccc(O[C@H](C)C(=O)N[C@@H]2CCCC[C@@H]2C(F)(F)F)cc1. The van der Waals surface area contributed by atoms with Crippen molar-refractivity contribution in [1.29, 1.82) is 0 Å². The lowest BCUT2D eigenvalue weighted by Crippen LogP contribution is -2.50. The van der Waals surface area contributed by atoms with Gasteiger partial charge in [0.1, 0.15) is 5.75 Å². The summed E-state index contributed by atoms with van der Waals surface area (Å²) in [5.74, 6) is -1.45. The van der Waals surface area contributed by atoms with Gasteiger partial charge in [0.15, 0.2) is 6.10 Å². The van der Waals surface area contributed by atoms with Gasteiger partial charge in [-0.3, -0.25) is 4.79 Å². The van der Waals surface area contributed by atoms with Gasteiger partial charge in [0, 0.05) is 6.04 Å². The number of rotatable bonds is 4. The number of hydrogen-bond donors (Lipinski definition) is 1. The second-order valence-electron chi connectivity index (χ2n) is 6.12. The first kappa shape index (κ1) is 17.6. The van der Waals surface area contributed by atoms with Gasteiger partial charge in [-0.1, -0.05) is 30.5 Å². The van der Waals surface area contributed by atoms with Crippen LogP contribution in [0.25, 0.3) is 0 Å². The maximum Gasteiger partial charge on any atom is 0.393 e. The van der Waals surface area contributed by atoms with Crippen LogP contribution in [0.15, 0.2) is 24.3 Å². The molecule has 0 radical (unpaired) electrons. The molecule has 0 aliphatic heterocycles. The first-order chi connectivity index (χ1) is 10.8. The molecule has 0 bridgehead atoms. The van der Waals surface area contributed by atoms with Gasteiger partial charge in [-0.15, -0.1) is 0 Å². The van der Waals surface area contributed by atoms with Crippen molar-refractivity contribution in [3.63, 3.8) is 0 Å². The van der Waals surface area contributed by atoms with E-state index in [2.05, 4.69) is 5.32 Å². The molecule has 128 valence electrons. The number of benzene rings is 1. The van der Waals surface area contributed by atoms with Gasteiger partial charge in [-0.25, -0.2) is 0 Å². The second-order valence-corrected chi connectivity index (χ2v) is 6.12. The van der Waals surface area contributed by atoms with E-state index in [0.717, 1.165) is 5.56 Å². The number of alkyl halides is 3. The molecule has 23 heavy (non-hydrogen) atoms. The average molecular weight is 329 g/mol. The summed E-state index contributed by atoms with van der Waals surface area (Å²) in [6, 6.07) is 6.30. The molecule has 3 nitrogen and oxygen atoms in total. The Balaban J connectivity index is 1.95. The maximum absolute atomic E-state index is 13.0. The Bertz CT molecular complexity index is 528. The lowest BCUT2D eigenvalue weighted by molar-refractivity contribution is -0.189. The highest BCUT2D eigenvalue weighted by atomic mass is 19.4. The van der Waals surface area contributed by atoms with Gasteiger partial charge in [-0.2, -0.15) is 13.2 Å². The molecule has 1 aromatic carbocycles. The molecular formula is C17H22F3NO2. The van der Waals surface area contributed by atoms with Gasteiger partial charge in [0.25, 0.3) is 5.91 Å². The number of amides is 1. The molecule has 6 heteroatoms. The van der Waals surface area contributed by atoms with Gasteiger partial charge >= 0.3 is 6.18 Å². The summed E-state index contributed by atoms with van der Waals surface area (Å²) in [7, 11) is 0. The van der Waals surface area contributed by atoms with E-state index in [1.165, 1.54) is 0 Å². The summed E-state index contributed by atoms with van der Waals surface area (Å²) < 4.78 is 44.6. The van der Waals surface area contributed by atoms with Crippen LogP contribution in [0.5, 0.6) is 5.75 Å². The Morgan fingerprint density at radius 1 is 1.22 bits per heavy atom. The summed E-state index contributed by atoms with van der Waals surface area (Å²) in [6.07, 6.45) is -3.45. The highest BCUT2D eigenvalue weighted by Gasteiger charge is 2.46. The smallest absolute Gasteiger partial charge is 0.393 e. The zero-order valence-corrected chi connectivity index (χ0v) is 13.3. The first-order valence-corrected chi connectivity index (χ1v) is 7.88. The normalized spacial score (nSPS) is 23.2. The summed E-state index contributed by atoms with van der Waals surface area (Å²) in [5, 5.41) is 2.52. The third kappa shape index (κ3) is 4.88. The van der Waals surface area contributed by atoms with Crippen LogP contribution in [0.2, 0.25) is 0 Å². The predicted octanol–water partition coefficient (Wildman–Crippen LogP) is 4.00. The van der Waals surface area contributed by atoms with E-state index in [1.807, 2.05) is 19.1 Å². The average Bonchev–Trinajstić information content (AvgIpc) is 2.49. The van der Waals surface area contributed by atoms with E-state index in [1.54, 1.807) is 19.1 Å². The number of halogens is 3. The van der Waals surface area contributed by atoms with Crippen LogP contribution in [0, 0.1) is 12.8 Å². The Labute approximate surface area is 134 Å². The van der Waals surface area contributed by atoms with E-state index >= 15 is 0 Å². The molecule has 0 spiro atoms. The first-order valence-electron chi connectivity index (χ1n) is 7.88. The number of ether oxygens (including phenoxy) is 1. The van der Waals surface area contributed by atoms with E-state index in [0.29, 0.717) is 25.0 Å². The molecule has 1 aliphatic rings. The minimum atomic E-state index is -4.28. The van der Waals surface area contributed by atoms with Crippen molar-refractivity contribution in [1.82, 2.24) is 5.32 Å². The van der Waals surface area contributed by atoms with Crippen LogP contribution < -0.4 is 10.1 Å². The molecule has 1 saturated carbocycles. The molecule has 3 atom stereocenters. The van der Waals surface area contributed by atoms with Crippen molar-refractivity contribution >= 4 is 5.91 Å². The predicted molar refractivity (Wildman–Crippen MR) is 81.2 cm³/mol. The highest BCUT2D eigenvalue weighted by Crippen LogP contribution is 2.37. The fourth-order valence-corrected chi connectivity index (χ4v) is 2.87. The van der Waals surface area contributed by atoms with Crippen molar-refractivity contribution in [3.8, 4) is 5.75 Å². The van der Waals surface area contributed by atoms with Gasteiger partial charge in [0.05, 0.1) is 5.92 Å². The minimum absolute atomic E-state index is 0.0711. The van der Waals surface area contributed by atoms with Crippen LogP contribution in [-0.2, 0) is 4.79 Å². The Hall–Kier alpha value is -1.72. The second kappa shape index (κ2) is 7.23. The topological polar surface area (TPSA) is 38.3 Å². The van der Waals surface area contributed by atoms with E-state index < -0.39 is 30.1 Å². The Kier molecular flexibility index (Phi) is 5.55. The van der Waals surface area contributed by atoms with Gasteiger partial charge < -0.3 is 10.1 Å². The van der Waals surface area contributed by atoms with Gasteiger partial charge in [-0.05, 0) is 38.8 Å². The Morgan fingerprint density at radius 2 is 1.83 bits per heavy atom. The quantitative estimate of drug-likeness (QED) is 0.907. The van der Waals surface area contributed by atoms with Gasteiger partial charge in [0.2, 0.25) is 0 Å². The number of nitrogens with one attached hydrogen (secondary N) is 1. The molecule has 0 heterocycles. The van der Waals surface area contributed by atoms with Crippen LogP contribution in [-0.4, -0.2) is 24.2 Å². The standard InChI is InChI=1S/C17H22F3NO2/c1-11-7-9-13(10-8-11)23-12(2)16(22)21-15-6-4-3-5-14(15)17(18,19)20/h7-10,12,14-15H,3-6H2,1-2H3,(H,21,22)/t12-,14+,15-/m1/s1. The summed E-state index contributed by atoms with van der Waals surface area (Å²) in [4.78, 5) is 12.2. The van der Waals surface area contributed by atoms with Crippen molar-refractivity contribution in [2.75, 3.05) is 0 Å². The zero-order chi connectivity index (χ0) is 17.0. The lowest BCUT2D eigenvalue weighted by Gasteiger charge is -2.34. The molecule has 0 saturated heterocycles. The monoisotopic (exact) mass is 329 g/mol. The molecular weight excluding hydrogens is 307 g/mol. The van der Waals surface area contributed by atoms with Crippen LogP contribution in [0.3, 0.4) is 0 Å². The van der Waals surface area contributed by atoms with Crippen LogP contribution in [0.4, 0.5) is 13.2 Å². The third-order valence-corrected chi connectivity index (χ3v) is 4.22. The van der Waals surface area contributed by atoms with Crippen molar-refractivity contribution in [2.45, 2.75) is 57.9 Å². The van der Waals surface area contributed by atoms with E-state index in [-0.39, 0.29) is 6.42 Å². The van der Waals surface area contributed by atoms with Crippen molar-refractivity contribution < 1.29 is 22.7 Å². The molecule has 0 unspecified atom stereocenters. The molecule has 1 N–H and O–H groups in total. The lowest BCUT2D eigenvalue weighted by atomic mass is 9.84. The number of carbonyl (C=O) groups excluding carboxylic acids is 1. The van der Waals surface area contributed by atoms with E-state index in [4.69, 9.17) is 4.74 Å². The van der Waals surface area contributed by atoms with E-state index in [9.17, 15) is 18.0 Å². The Morgan fingerprint density at radius 3 is 2.43 bits per heavy atom. The maximum atomic E-state index is 13.0. The molecule has 0 aromatic heterocycles. The minimum Gasteiger partial charge on any atom is -0.481 e. The molecule has 1 amide bonds. The molecule has 2 rings (SSSR count). The largest absolute Gasteiger partial charge is 0.481 e. The number of hydrogen-bond acceptors (Lipinski definition) is 2. The summed E-state index contributed by atoms with van der Waals surface area (Å²) >= 11 is 0. The fraction of sp³-hybridized carbons (Fsp3) is 0.588. The molecule has 1 fully saturated rings. The molecule has 1 aromatic rings. The van der Waals surface area contributed by atoms with Crippen molar-refractivity contribution in [2.24, 2.45) is 5.92 Å². The summed E-state index contributed by atoms with van der Waals surface area (Å²) in [5.41, 5.74) is 1.06. The zero-order valence-electron chi connectivity index (χ0n) is 13.3. The number of aryl methyl sites for hydroxylation is 1. The van der Waals surface area contributed by atoms with Crippen LogP contribution in [0.1, 0.15) is 38.2 Å². The number of carbonyl (C=O) groups is 1.